The van der Waals surface area contributed by atoms with Crippen LogP contribution in [0.25, 0.3) is 0 Å². The van der Waals surface area contributed by atoms with E-state index in [0.29, 0.717) is 0 Å². The van der Waals surface area contributed by atoms with Gasteiger partial charge in [-0.15, -0.1) is 0 Å². The molecule has 0 saturated heterocycles. The highest BCUT2D eigenvalue weighted by Gasteiger charge is 2.22. The Labute approximate surface area is 119 Å². The molecule has 5 heteroatoms. The van der Waals surface area contributed by atoms with Crippen LogP contribution in [0.2, 0.25) is 0 Å². The number of aromatic nitrogens is 2. The molecule has 0 aliphatic rings. The molecule has 1 aromatic carbocycles. The number of nitrogens with two attached hydrogens (primary N) is 1. The Bertz CT molecular complexity index is 526. The molecule has 1 atom stereocenters. The summed E-state index contributed by atoms with van der Waals surface area (Å²) < 4.78 is 7.30. The van der Waals surface area contributed by atoms with Crippen LogP contribution in [-0.2, 0) is 13.0 Å². The minimum Gasteiger partial charge on any atom is -0.493 e. The molecule has 5 nitrogen and oxygen atoms in total. The average molecular weight is 274 g/mol. The third-order valence-corrected chi connectivity index (χ3v) is 3.53. The monoisotopic (exact) mass is 274 g/mol. The minimum absolute atomic E-state index is 0.140. The predicted molar refractivity (Wildman–Crippen MR) is 79.4 cm³/mol. The number of hydrogen-bond donors (Lipinski definition) is 2. The molecule has 1 unspecified atom stereocenters. The van der Waals surface area contributed by atoms with Crippen LogP contribution in [0.4, 0.5) is 0 Å². The molecule has 0 fully saturated rings. The summed E-state index contributed by atoms with van der Waals surface area (Å²) in [6.45, 7) is 4.95. The first kappa shape index (κ1) is 14.6. The topological polar surface area (TPSA) is 65.1 Å². The number of nitrogens with zero attached hydrogens (tertiary/aromatic N) is 2. The van der Waals surface area contributed by atoms with Gasteiger partial charge in [-0.1, -0.05) is 31.2 Å². The molecule has 2 rings (SSSR count). The van der Waals surface area contributed by atoms with Gasteiger partial charge in [-0.3, -0.25) is 10.5 Å². The largest absolute Gasteiger partial charge is 0.493 e. The van der Waals surface area contributed by atoms with E-state index in [1.165, 1.54) is 5.56 Å². The number of nitrogens with one attached hydrogen (secondary N) is 1. The maximum atomic E-state index is 5.77. The maximum Gasteiger partial charge on any atom is 0.161 e. The SMILES string of the molecule is CCc1ccc(C(NN)c2c(OC)cnn2CC)cc1. The quantitative estimate of drug-likeness (QED) is 0.625. The van der Waals surface area contributed by atoms with Crippen molar-refractivity contribution in [3.63, 3.8) is 0 Å². The number of aryl methyl sites for hydroxylation is 2. The fourth-order valence-corrected chi connectivity index (χ4v) is 2.36. The molecule has 1 heterocycles. The van der Waals surface area contributed by atoms with E-state index < -0.39 is 0 Å². The second-order valence-electron chi connectivity index (χ2n) is 4.61. The van der Waals surface area contributed by atoms with Crippen LogP contribution < -0.4 is 16.0 Å². The lowest BCUT2D eigenvalue weighted by Gasteiger charge is -2.19. The Morgan fingerprint density at radius 1 is 1.30 bits per heavy atom. The summed E-state index contributed by atoms with van der Waals surface area (Å²) >= 11 is 0. The average Bonchev–Trinajstić information content (AvgIpc) is 2.91. The number of rotatable bonds is 6. The highest BCUT2D eigenvalue weighted by atomic mass is 16.5. The molecule has 0 bridgehead atoms. The summed E-state index contributed by atoms with van der Waals surface area (Å²) in [4.78, 5) is 0. The molecule has 3 N–H and O–H groups in total. The number of hydrogen-bond acceptors (Lipinski definition) is 4. The van der Waals surface area contributed by atoms with Crippen molar-refractivity contribution >= 4 is 0 Å². The highest BCUT2D eigenvalue weighted by molar-refractivity contribution is 5.37. The third kappa shape index (κ3) is 2.69. The molecule has 0 aliphatic carbocycles. The van der Waals surface area contributed by atoms with Gasteiger partial charge < -0.3 is 4.74 Å². The van der Waals surface area contributed by atoms with Gasteiger partial charge in [0.05, 0.1) is 19.3 Å². The first-order valence-corrected chi connectivity index (χ1v) is 6.89. The fraction of sp³-hybridized carbons (Fsp3) is 0.400. The Hall–Kier alpha value is -1.85. The summed E-state index contributed by atoms with van der Waals surface area (Å²) in [7, 11) is 1.65. The van der Waals surface area contributed by atoms with Gasteiger partial charge >= 0.3 is 0 Å². The van der Waals surface area contributed by atoms with E-state index in [2.05, 4.69) is 41.7 Å². The van der Waals surface area contributed by atoms with Crippen molar-refractivity contribution in [3.05, 3.63) is 47.3 Å². The van der Waals surface area contributed by atoms with Gasteiger partial charge in [0.1, 0.15) is 5.69 Å². The third-order valence-electron chi connectivity index (χ3n) is 3.53. The minimum atomic E-state index is -0.140. The molecular weight excluding hydrogens is 252 g/mol. The predicted octanol–water partition coefficient (Wildman–Crippen LogP) is 2.03. The van der Waals surface area contributed by atoms with Crippen molar-refractivity contribution in [1.82, 2.24) is 15.2 Å². The van der Waals surface area contributed by atoms with Crippen molar-refractivity contribution < 1.29 is 4.74 Å². The smallest absolute Gasteiger partial charge is 0.161 e. The van der Waals surface area contributed by atoms with Crippen molar-refractivity contribution in [2.24, 2.45) is 5.84 Å². The van der Waals surface area contributed by atoms with Gasteiger partial charge in [0.2, 0.25) is 0 Å². The normalized spacial score (nSPS) is 12.4. The molecule has 0 radical (unpaired) electrons. The lowest BCUT2D eigenvalue weighted by atomic mass is 10.0. The van der Waals surface area contributed by atoms with Crippen molar-refractivity contribution in [2.45, 2.75) is 32.9 Å². The number of methoxy groups -OCH3 is 1. The Balaban J connectivity index is 2.42. The number of ether oxygens (including phenoxy) is 1. The first-order valence-electron chi connectivity index (χ1n) is 6.89. The van der Waals surface area contributed by atoms with Gasteiger partial charge in [-0.05, 0) is 24.5 Å². The van der Waals surface area contributed by atoms with Crippen LogP contribution in [0, 0.1) is 0 Å². The Morgan fingerprint density at radius 2 is 2.00 bits per heavy atom. The standard InChI is InChI=1S/C15H22N4O/c1-4-11-6-8-12(9-7-11)14(18-16)15-13(20-3)10-17-19(15)5-2/h6-10,14,18H,4-5,16H2,1-3H3. The second kappa shape index (κ2) is 6.54. The van der Waals surface area contributed by atoms with E-state index in [1.807, 2.05) is 11.6 Å². The zero-order valence-electron chi connectivity index (χ0n) is 12.3. The maximum absolute atomic E-state index is 5.77. The fourth-order valence-electron chi connectivity index (χ4n) is 2.36. The summed E-state index contributed by atoms with van der Waals surface area (Å²) in [5.74, 6) is 6.51. The van der Waals surface area contributed by atoms with E-state index in [0.717, 1.165) is 30.0 Å². The molecule has 1 aromatic heterocycles. The molecule has 0 saturated carbocycles. The van der Waals surface area contributed by atoms with E-state index in [-0.39, 0.29) is 6.04 Å². The number of hydrazine groups is 1. The Morgan fingerprint density at radius 3 is 2.50 bits per heavy atom. The van der Waals surface area contributed by atoms with Gasteiger partial charge in [0.15, 0.2) is 5.75 Å². The summed E-state index contributed by atoms with van der Waals surface area (Å²) in [6.07, 6.45) is 2.75. The van der Waals surface area contributed by atoms with Gasteiger partial charge in [0, 0.05) is 6.54 Å². The van der Waals surface area contributed by atoms with E-state index in [9.17, 15) is 0 Å². The lowest BCUT2D eigenvalue weighted by Crippen LogP contribution is -2.31. The molecule has 108 valence electrons. The zero-order chi connectivity index (χ0) is 14.5. The molecule has 2 aromatic rings. The van der Waals surface area contributed by atoms with Gasteiger partial charge in [-0.2, -0.15) is 5.10 Å². The number of benzene rings is 1. The van der Waals surface area contributed by atoms with Crippen LogP contribution in [0.15, 0.2) is 30.5 Å². The van der Waals surface area contributed by atoms with Crippen molar-refractivity contribution in [3.8, 4) is 5.75 Å². The molecule has 0 spiro atoms. The first-order chi connectivity index (χ1) is 9.74. The Kier molecular flexibility index (Phi) is 4.76. The van der Waals surface area contributed by atoms with Gasteiger partial charge in [0.25, 0.3) is 0 Å². The van der Waals surface area contributed by atoms with Crippen LogP contribution >= 0.6 is 0 Å². The van der Waals surface area contributed by atoms with E-state index in [1.54, 1.807) is 13.3 Å². The highest BCUT2D eigenvalue weighted by Crippen LogP contribution is 2.29. The van der Waals surface area contributed by atoms with E-state index in [4.69, 9.17) is 10.6 Å². The van der Waals surface area contributed by atoms with E-state index >= 15 is 0 Å². The molecule has 0 aliphatic heterocycles. The van der Waals surface area contributed by atoms with Crippen LogP contribution in [0.5, 0.6) is 5.75 Å². The summed E-state index contributed by atoms with van der Waals surface area (Å²) in [6, 6.07) is 8.29. The summed E-state index contributed by atoms with van der Waals surface area (Å²) in [5, 5.41) is 4.33. The van der Waals surface area contributed by atoms with Crippen LogP contribution in [0.1, 0.15) is 36.7 Å². The molecule has 20 heavy (non-hydrogen) atoms. The van der Waals surface area contributed by atoms with Crippen LogP contribution in [-0.4, -0.2) is 16.9 Å². The van der Waals surface area contributed by atoms with Crippen LogP contribution in [0.3, 0.4) is 0 Å². The van der Waals surface area contributed by atoms with Crippen molar-refractivity contribution in [1.29, 1.82) is 0 Å². The second-order valence-corrected chi connectivity index (χ2v) is 4.61. The lowest BCUT2D eigenvalue weighted by molar-refractivity contribution is 0.399. The van der Waals surface area contributed by atoms with Gasteiger partial charge in [-0.25, -0.2) is 5.43 Å². The molecule has 0 amide bonds. The zero-order valence-corrected chi connectivity index (χ0v) is 12.3. The molecular formula is C15H22N4O. The summed E-state index contributed by atoms with van der Waals surface area (Å²) in [5.41, 5.74) is 6.21. The van der Waals surface area contributed by atoms with Crippen molar-refractivity contribution in [2.75, 3.05) is 7.11 Å².